The Kier molecular flexibility index (Phi) is 6.19. The zero-order valence-corrected chi connectivity index (χ0v) is 15.4. The summed E-state index contributed by atoms with van der Waals surface area (Å²) in [6.07, 6.45) is 3.20. The summed E-state index contributed by atoms with van der Waals surface area (Å²) in [5, 5.41) is 15.2. The molecule has 1 aromatic heterocycles. The molecule has 0 saturated heterocycles. The van der Waals surface area contributed by atoms with Gasteiger partial charge in [-0.15, -0.1) is 0 Å². The van der Waals surface area contributed by atoms with Crippen molar-refractivity contribution >= 4 is 11.8 Å². The van der Waals surface area contributed by atoms with E-state index < -0.39 is 0 Å². The van der Waals surface area contributed by atoms with Crippen molar-refractivity contribution in [2.45, 2.75) is 44.2 Å². The maximum Gasteiger partial charge on any atom is 0.269 e. The van der Waals surface area contributed by atoms with Gasteiger partial charge in [-0.1, -0.05) is 30.3 Å². The molecular formula is C21H25N3O3. The van der Waals surface area contributed by atoms with Crippen molar-refractivity contribution in [2.75, 3.05) is 7.05 Å². The minimum Gasteiger partial charge on any atom is -0.393 e. The molecule has 2 amide bonds. The van der Waals surface area contributed by atoms with E-state index in [0.29, 0.717) is 30.5 Å². The van der Waals surface area contributed by atoms with Gasteiger partial charge in [0.1, 0.15) is 5.69 Å². The third-order valence-corrected chi connectivity index (χ3v) is 4.86. The van der Waals surface area contributed by atoms with E-state index in [1.165, 1.54) is 6.07 Å². The highest BCUT2D eigenvalue weighted by Gasteiger charge is 2.22. The summed E-state index contributed by atoms with van der Waals surface area (Å²) in [7, 11) is 1.54. The van der Waals surface area contributed by atoms with Gasteiger partial charge in [-0.2, -0.15) is 0 Å². The molecule has 1 aromatic carbocycles. The molecule has 6 nitrogen and oxygen atoms in total. The topological polar surface area (TPSA) is 91.3 Å². The largest absolute Gasteiger partial charge is 0.393 e. The minimum atomic E-state index is -0.320. The lowest BCUT2D eigenvalue weighted by Gasteiger charge is -2.26. The molecule has 0 spiro atoms. The van der Waals surface area contributed by atoms with Gasteiger partial charge >= 0.3 is 0 Å². The Morgan fingerprint density at radius 2 is 1.78 bits per heavy atom. The maximum absolute atomic E-state index is 12.7. The highest BCUT2D eigenvalue weighted by molar-refractivity contribution is 5.98. The second-order valence-corrected chi connectivity index (χ2v) is 6.95. The molecule has 0 bridgehead atoms. The maximum atomic E-state index is 12.7. The molecule has 142 valence electrons. The normalized spacial score (nSPS) is 19.3. The predicted molar refractivity (Wildman–Crippen MR) is 103 cm³/mol. The first-order chi connectivity index (χ1) is 13.0. The van der Waals surface area contributed by atoms with Crippen LogP contribution in [-0.2, 0) is 6.42 Å². The van der Waals surface area contributed by atoms with Gasteiger partial charge in [-0.25, -0.2) is 4.98 Å². The summed E-state index contributed by atoms with van der Waals surface area (Å²) >= 11 is 0. The van der Waals surface area contributed by atoms with E-state index in [4.69, 9.17) is 0 Å². The van der Waals surface area contributed by atoms with E-state index in [9.17, 15) is 14.7 Å². The lowest BCUT2D eigenvalue weighted by molar-refractivity contribution is 0.0867. The number of pyridine rings is 1. The summed E-state index contributed by atoms with van der Waals surface area (Å²) in [6, 6.07) is 13.1. The van der Waals surface area contributed by atoms with Crippen LogP contribution in [-0.4, -0.2) is 41.1 Å². The van der Waals surface area contributed by atoms with E-state index in [-0.39, 0.29) is 29.7 Å². The number of benzene rings is 1. The zero-order valence-electron chi connectivity index (χ0n) is 15.4. The van der Waals surface area contributed by atoms with Crippen LogP contribution in [0.4, 0.5) is 0 Å². The van der Waals surface area contributed by atoms with Crippen LogP contribution < -0.4 is 10.6 Å². The zero-order chi connectivity index (χ0) is 19.2. The first kappa shape index (κ1) is 19.0. The Labute approximate surface area is 159 Å². The van der Waals surface area contributed by atoms with Crippen molar-refractivity contribution in [3.8, 4) is 0 Å². The number of rotatable bonds is 5. The molecule has 0 atom stereocenters. The number of aliphatic hydroxyl groups is 1. The molecule has 2 aromatic rings. The molecular weight excluding hydrogens is 342 g/mol. The number of hydrogen-bond acceptors (Lipinski definition) is 4. The number of nitrogens with zero attached hydrogens (tertiary/aromatic N) is 1. The number of carbonyl (C=O) groups is 2. The van der Waals surface area contributed by atoms with Crippen molar-refractivity contribution in [2.24, 2.45) is 0 Å². The van der Waals surface area contributed by atoms with Crippen molar-refractivity contribution in [3.63, 3.8) is 0 Å². The van der Waals surface area contributed by atoms with Gasteiger partial charge in [-0.05, 0) is 43.4 Å². The third-order valence-electron chi connectivity index (χ3n) is 4.86. The first-order valence-corrected chi connectivity index (χ1v) is 9.31. The fourth-order valence-electron chi connectivity index (χ4n) is 3.35. The highest BCUT2D eigenvalue weighted by Crippen LogP contribution is 2.19. The molecule has 1 saturated carbocycles. The Bertz CT molecular complexity index is 800. The SMILES string of the molecule is CNC(=O)c1cc(C(=O)NC2CCC(O)CC2)cc(Cc2ccccc2)n1. The molecule has 0 unspecified atom stereocenters. The monoisotopic (exact) mass is 367 g/mol. The van der Waals surface area contributed by atoms with Crippen LogP contribution in [0.1, 0.15) is 57.8 Å². The van der Waals surface area contributed by atoms with Gasteiger partial charge in [0.25, 0.3) is 11.8 Å². The minimum absolute atomic E-state index is 0.0510. The molecule has 6 heteroatoms. The number of carbonyl (C=O) groups excluding carboxylic acids is 2. The van der Waals surface area contributed by atoms with Crippen molar-refractivity contribution in [1.29, 1.82) is 0 Å². The van der Waals surface area contributed by atoms with Crippen molar-refractivity contribution < 1.29 is 14.7 Å². The van der Waals surface area contributed by atoms with Gasteiger partial charge in [0.2, 0.25) is 0 Å². The van der Waals surface area contributed by atoms with E-state index >= 15 is 0 Å². The highest BCUT2D eigenvalue weighted by atomic mass is 16.3. The number of aromatic nitrogens is 1. The fraction of sp³-hybridized carbons (Fsp3) is 0.381. The standard InChI is InChI=1S/C21H25N3O3/c1-22-21(27)19-13-15(20(26)24-16-7-9-18(25)10-8-16)12-17(23-19)11-14-5-3-2-4-6-14/h2-6,12-13,16,18,25H,7-11H2,1H3,(H,22,27)(H,24,26). The third kappa shape index (κ3) is 5.14. The Morgan fingerprint density at radius 3 is 2.44 bits per heavy atom. The van der Waals surface area contributed by atoms with Crippen LogP contribution in [0.3, 0.4) is 0 Å². The second-order valence-electron chi connectivity index (χ2n) is 6.95. The van der Waals surface area contributed by atoms with E-state index in [1.807, 2.05) is 30.3 Å². The lowest BCUT2D eigenvalue weighted by Crippen LogP contribution is -2.38. The molecule has 0 radical (unpaired) electrons. The average molecular weight is 367 g/mol. The molecule has 27 heavy (non-hydrogen) atoms. The second kappa shape index (κ2) is 8.77. The van der Waals surface area contributed by atoms with E-state index in [1.54, 1.807) is 13.1 Å². The number of aliphatic hydroxyl groups excluding tert-OH is 1. The summed E-state index contributed by atoms with van der Waals surface area (Å²) in [5.74, 6) is -0.530. The molecule has 1 heterocycles. The number of nitrogens with one attached hydrogen (secondary N) is 2. The summed E-state index contributed by atoms with van der Waals surface area (Å²) in [4.78, 5) is 29.2. The van der Waals surface area contributed by atoms with Crippen LogP contribution in [0.5, 0.6) is 0 Å². The number of amides is 2. The van der Waals surface area contributed by atoms with Crippen LogP contribution in [0.15, 0.2) is 42.5 Å². The fourth-order valence-corrected chi connectivity index (χ4v) is 3.35. The molecule has 1 aliphatic carbocycles. The smallest absolute Gasteiger partial charge is 0.269 e. The molecule has 1 fully saturated rings. The quantitative estimate of drug-likeness (QED) is 0.754. The van der Waals surface area contributed by atoms with E-state index in [2.05, 4.69) is 15.6 Å². The average Bonchev–Trinajstić information content (AvgIpc) is 2.69. The summed E-state index contributed by atoms with van der Waals surface area (Å²) in [6.45, 7) is 0. The Morgan fingerprint density at radius 1 is 1.07 bits per heavy atom. The van der Waals surface area contributed by atoms with Crippen molar-refractivity contribution in [1.82, 2.24) is 15.6 Å². The van der Waals surface area contributed by atoms with Crippen LogP contribution in [0.25, 0.3) is 0 Å². The first-order valence-electron chi connectivity index (χ1n) is 9.31. The molecule has 1 aliphatic rings. The Balaban J connectivity index is 1.81. The van der Waals surface area contributed by atoms with Crippen molar-refractivity contribution in [3.05, 3.63) is 65.0 Å². The molecule has 3 N–H and O–H groups in total. The van der Waals surface area contributed by atoms with Gasteiger partial charge < -0.3 is 15.7 Å². The number of hydrogen-bond donors (Lipinski definition) is 3. The molecule has 0 aliphatic heterocycles. The van der Waals surface area contributed by atoms with E-state index in [0.717, 1.165) is 18.4 Å². The molecule has 3 rings (SSSR count). The van der Waals surface area contributed by atoms with Crippen LogP contribution in [0.2, 0.25) is 0 Å². The Hall–Kier alpha value is -2.73. The summed E-state index contributed by atoms with van der Waals surface area (Å²) in [5.41, 5.74) is 2.40. The van der Waals surface area contributed by atoms with Crippen LogP contribution >= 0.6 is 0 Å². The van der Waals surface area contributed by atoms with Gasteiger partial charge in [0.15, 0.2) is 0 Å². The summed E-state index contributed by atoms with van der Waals surface area (Å²) < 4.78 is 0. The lowest BCUT2D eigenvalue weighted by atomic mass is 9.93. The van der Waals surface area contributed by atoms with Gasteiger partial charge in [0, 0.05) is 30.8 Å². The van der Waals surface area contributed by atoms with Crippen LogP contribution in [0, 0.1) is 0 Å². The predicted octanol–water partition coefficient (Wildman–Crippen LogP) is 2.07. The van der Waals surface area contributed by atoms with Gasteiger partial charge in [-0.3, -0.25) is 9.59 Å². The van der Waals surface area contributed by atoms with Gasteiger partial charge in [0.05, 0.1) is 6.10 Å².